The third-order valence-electron chi connectivity index (χ3n) is 3.68. The van der Waals surface area contributed by atoms with Crippen molar-refractivity contribution < 1.29 is 9.53 Å². The van der Waals surface area contributed by atoms with Gasteiger partial charge in [0.05, 0.1) is 0 Å². The number of nitrogens with two attached hydrogens (primary N) is 1. The Hall–Kier alpha value is -2.04. The van der Waals surface area contributed by atoms with Crippen molar-refractivity contribution in [3.05, 3.63) is 58.6 Å². The quantitative estimate of drug-likeness (QED) is 0.785. The fourth-order valence-corrected chi connectivity index (χ4v) is 2.63. The highest BCUT2D eigenvalue weighted by Gasteiger charge is 2.20. The molecule has 0 unspecified atom stereocenters. The summed E-state index contributed by atoms with van der Waals surface area (Å²) in [7, 11) is 0. The summed E-state index contributed by atoms with van der Waals surface area (Å²) in [5.74, 6) is 0.504. The lowest BCUT2D eigenvalue weighted by Crippen LogP contribution is -2.33. The van der Waals surface area contributed by atoms with Crippen LogP contribution in [0.25, 0.3) is 0 Å². The van der Waals surface area contributed by atoms with E-state index in [4.69, 9.17) is 22.1 Å². The van der Waals surface area contributed by atoms with Crippen LogP contribution >= 0.6 is 11.6 Å². The van der Waals surface area contributed by atoms with Gasteiger partial charge in [-0.25, -0.2) is 0 Å². The maximum absolute atomic E-state index is 12.6. The molecule has 0 aliphatic rings. The van der Waals surface area contributed by atoms with Crippen molar-refractivity contribution in [2.75, 3.05) is 5.32 Å². The van der Waals surface area contributed by atoms with Crippen LogP contribution in [0.2, 0.25) is 5.02 Å². The predicted molar refractivity (Wildman–Crippen MR) is 98.5 cm³/mol. The predicted octanol–water partition coefficient (Wildman–Crippen LogP) is 4.29. The minimum absolute atomic E-state index is 0.166. The maximum atomic E-state index is 12.6. The van der Waals surface area contributed by atoms with E-state index >= 15 is 0 Å². The Morgan fingerprint density at radius 3 is 2.75 bits per heavy atom. The Bertz CT molecular complexity index is 704. The molecule has 0 bridgehead atoms. The monoisotopic (exact) mass is 346 g/mol. The number of aryl methyl sites for hydroxylation is 1. The second-order valence-electron chi connectivity index (χ2n) is 5.70. The normalized spacial score (nSPS) is 11.8. The van der Waals surface area contributed by atoms with Gasteiger partial charge in [0.1, 0.15) is 5.75 Å². The molecule has 0 saturated heterocycles. The third-order valence-corrected chi connectivity index (χ3v) is 3.91. The Kier molecular flexibility index (Phi) is 6.64. The second kappa shape index (κ2) is 8.71. The van der Waals surface area contributed by atoms with Crippen molar-refractivity contribution in [2.24, 2.45) is 5.73 Å². The number of nitrogens with one attached hydrogen (secondary N) is 1. The van der Waals surface area contributed by atoms with Gasteiger partial charge in [0.2, 0.25) is 0 Å². The average Bonchev–Trinajstić information content (AvgIpc) is 2.56. The zero-order valence-corrected chi connectivity index (χ0v) is 14.8. The van der Waals surface area contributed by atoms with Crippen LogP contribution in [0.4, 0.5) is 5.69 Å². The number of hydrogen-bond acceptors (Lipinski definition) is 3. The van der Waals surface area contributed by atoms with Crippen molar-refractivity contribution in [2.45, 2.75) is 39.3 Å². The lowest BCUT2D eigenvalue weighted by atomic mass is 10.1. The summed E-state index contributed by atoms with van der Waals surface area (Å²) in [5.41, 5.74) is 8.23. The van der Waals surface area contributed by atoms with Gasteiger partial charge >= 0.3 is 0 Å². The van der Waals surface area contributed by atoms with Crippen LogP contribution in [0.1, 0.15) is 30.9 Å². The number of benzene rings is 2. The molecule has 5 heteroatoms. The molecule has 2 rings (SSSR count). The van der Waals surface area contributed by atoms with E-state index in [0.29, 0.717) is 23.7 Å². The number of anilines is 1. The molecule has 0 saturated carbocycles. The first kappa shape index (κ1) is 18.3. The van der Waals surface area contributed by atoms with Crippen LogP contribution in [0, 0.1) is 6.92 Å². The van der Waals surface area contributed by atoms with Gasteiger partial charge in [-0.3, -0.25) is 4.79 Å². The third kappa shape index (κ3) is 4.98. The molecule has 1 atom stereocenters. The Morgan fingerprint density at radius 1 is 1.29 bits per heavy atom. The maximum Gasteiger partial charge on any atom is 0.265 e. The van der Waals surface area contributed by atoms with Crippen molar-refractivity contribution in [3.63, 3.8) is 0 Å². The molecule has 24 heavy (non-hydrogen) atoms. The smallest absolute Gasteiger partial charge is 0.265 e. The fraction of sp³-hybridized carbons (Fsp3) is 0.316. The molecule has 1 amide bonds. The number of halogens is 1. The summed E-state index contributed by atoms with van der Waals surface area (Å²) in [5, 5.41) is 3.56. The van der Waals surface area contributed by atoms with Gasteiger partial charge < -0.3 is 15.8 Å². The molecule has 0 radical (unpaired) electrons. The average molecular weight is 347 g/mol. The van der Waals surface area contributed by atoms with Crippen molar-refractivity contribution >= 4 is 23.2 Å². The summed E-state index contributed by atoms with van der Waals surface area (Å²) in [4.78, 5) is 12.6. The molecule has 0 aliphatic carbocycles. The van der Waals surface area contributed by atoms with Gasteiger partial charge in [-0.1, -0.05) is 37.1 Å². The molecule has 0 spiro atoms. The van der Waals surface area contributed by atoms with Crippen LogP contribution in [0.3, 0.4) is 0 Å². The fourth-order valence-electron chi connectivity index (χ4n) is 2.40. The number of carbonyl (C=O) groups excluding carboxylic acids is 1. The summed E-state index contributed by atoms with van der Waals surface area (Å²) in [6, 6.07) is 12.9. The van der Waals surface area contributed by atoms with Crippen LogP contribution in [0.5, 0.6) is 5.75 Å². The molecular formula is C19H23ClN2O2. The van der Waals surface area contributed by atoms with E-state index in [0.717, 1.165) is 23.2 Å². The van der Waals surface area contributed by atoms with Crippen LogP contribution in [0.15, 0.2) is 42.5 Å². The van der Waals surface area contributed by atoms with Crippen molar-refractivity contribution in [3.8, 4) is 5.75 Å². The highest BCUT2D eigenvalue weighted by Crippen LogP contribution is 2.24. The van der Waals surface area contributed by atoms with E-state index < -0.39 is 6.10 Å². The largest absolute Gasteiger partial charge is 0.480 e. The standard InChI is InChI=1S/C19H23ClN2O2/c1-3-5-18(24-17-9-8-15(20)10-13(17)2)19(23)22-16-7-4-6-14(11-16)12-21/h4,6-11,18H,3,5,12,21H2,1-2H3,(H,22,23)/t18-/m0/s1. The summed E-state index contributed by atoms with van der Waals surface area (Å²) in [6.07, 6.45) is 0.911. The lowest BCUT2D eigenvalue weighted by Gasteiger charge is -2.20. The Labute approximate surface area is 148 Å². The van der Waals surface area contributed by atoms with Crippen LogP contribution in [-0.4, -0.2) is 12.0 Å². The van der Waals surface area contributed by atoms with Gasteiger partial charge in [-0.2, -0.15) is 0 Å². The van der Waals surface area contributed by atoms with E-state index in [1.165, 1.54) is 0 Å². The summed E-state index contributed by atoms with van der Waals surface area (Å²) < 4.78 is 5.94. The molecule has 4 nitrogen and oxygen atoms in total. The molecular weight excluding hydrogens is 324 g/mol. The first-order valence-electron chi connectivity index (χ1n) is 8.06. The second-order valence-corrected chi connectivity index (χ2v) is 6.14. The molecule has 0 aromatic heterocycles. The zero-order chi connectivity index (χ0) is 17.5. The van der Waals surface area contributed by atoms with Crippen LogP contribution < -0.4 is 15.8 Å². The van der Waals surface area contributed by atoms with E-state index in [2.05, 4.69) is 5.32 Å². The number of rotatable bonds is 7. The molecule has 0 fully saturated rings. The molecule has 2 aromatic rings. The van der Waals surface area contributed by atoms with Crippen molar-refractivity contribution in [1.29, 1.82) is 0 Å². The zero-order valence-electron chi connectivity index (χ0n) is 14.0. The van der Waals surface area contributed by atoms with E-state index in [9.17, 15) is 4.79 Å². The van der Waals surface area contributed by atoms with E-state index in [1.807, 2.05) is 44.2 Å². The van der Waals surface area contributed by atoms with Crippen molar-refractivity contribution in [1.82, 2.24) is 0 Å². The minimum atomic E-state index is -0.559. The number of ether oxygens (including phenoxy) is 1. The minimum Gasteiger partial charge on any atom is -0.480 e. The Morgan fingerprint density at radius 2 is 2.08 bits per heavy atom. The first-order chi connectivity index (χ1) is 11.5. The van der Waals surface area contributed by atoms with E-state index in [1.54, 1.807) is 12.1 Å². The van der Waals surface area contributed by atoms with Gasteiger partial charge in [0.25, 0.3) is 5.91 Å². The molecule has 2 aromatic carbocycles. The van der Waals surface area contributed by atoms with Gasteiger partial charge in [-0.15, -0.1) is 0 Å². The highest BCUT2D eigenvalue weighted by molar-refractivity contribution is 6.30. The molecule has 0 aliphatic heterocycles. The number of carbonyl (C=O) groups is 1. The lowest BCUT2D eigenvalue weighted by molar-refractivity contribution is -0.123. The molecule has 3 N–H and O–H groups in total. The summed E-state index contributed by atoms with van der Waals surface area (Å²) >= 11 is 5.97. The van der Waals surface area contributed by atoms with Gasteiger partial charge in [-0.05, 0) is 54.8 Å². The summed E-state index contributed by atoms with van der Waals surface area (Å²) in [6.45, 7) is 4.36. The topological polar surface area (TPSA) is 64.3 Å². The van der Waals surface area contributed by atoms with E-state index in [-0.39, 0.29) is 5.91 Å². The molecule has 128 valence electrons. The number of hydrogen-bond donors (Lipinski definition) is 2. The molecule has 0 heterocycles. The first-order valence-corrected chi connectivity index (χ1v) is 8.44. The number of amides is 1. The highest BCUT2D eigenvalue weighted by atomic mass is 35.5. The SMILES string of the molecule is CCC[C@H](Oc1ccc(Cl)cc1C)C(=O)Nc1cccc(CN)c1. The van der Waals surface area contributed by atoms with Crippen LogP contribution in [-0.2, 0) is 11.3 Å². The Balaban J connectivity index is 2.12. The van der Waals surface area contributed by atoms with Gasteiger partial charge in [0.15, 0.2) is 6.10 Å². The van der Waals surface area contributed by atoms with Gasteiger partial charge in [0, 0.05) is 17.3 Å².